The van der Waals surface area contributed by atoms with E-state index in [0.29, 0.717) is 6.04 Å². The quantitative estimate of drug-likeness (QED) is 0.654. The van der Waals surface area contributed by atoms with Crippen molar-refractivity contribution >= 4 is 18.4 Å². The van der Waals surface area contributed by atoms with Crippen molar-refractivity contribution in [1.82, 2.24) is 0 Å². The molecule has 0 unspecified atom stereocenters. The Morgan fingerprint density at radius 3 is 1.96 bits per heavy atom. The lowest BCUT2D eigenvalue weighted by molar-refractivity contribution is 0.0378. The number of rotatable bonds is 5. The highest BCUT2D eigenvalue weighted by Crippen LogP contribution is 2.42. The van der Waals surface area contributed by atoms with Gasteiger partial charge in [-0.3, -0.25) is 0 Å². The van der Waals surface area contributed by atoms with Gasteiger partial charge >= 0.3 is 0 Å². The van der Waals surface area contributed by atoms with Crippen LogP contribution in [0.25, 0.3) is 0 Å². The highest BCUT2D eigenvalue weighted by atomic mass is 28.3. The molecule has 0 amide bonds. The van der Waals surface area contributed by atoms with Gasteiger partial charge in [0.25, 0.3) is 0 Å². The van der Waals surface area contributed by atoms with E-state index in [4.69, 9.17) is 0 Å². The summed E-state index contributed by atoms with van der Waals surface area (Å²) in [7, 11) is -2.23. The highest BCUT2D eigenvalue weighted by molar-refractivity contribution is 7.04. The van der Waals surface area contributed by atoms with E-state index in [9.17, 15) is 10.2 Å². The molecule has 0 aliphatic carbocycles. The lowest BCUT2D eigenvalue weighted by Crippen LogP contribution is -2.60. The minimum Gasteiger partial charge on any atom is -0.391 e. The van der Waals surface area contributed by atoms with Crippen molar-refractivity contribution in [3.05, 3.63) is 73.3 Å². The van der Waals surface area contributed by atoms with Crippen molar-refractivity contribution < 1.29 is 10.2 Å². The molecule has 120 valence electrons. The summed E-state index contributed by atoms with van der Waals surface area (Å²) >= 11 is 0. The van der Waals surface area contributed by atoms with Crippen LogP contribution in [0.3, 0.4) is 0 Å². The molecule has 3 heteroatoms. The van der Waals surface area contributed by atoms with Crippen LogP contribution in [0.5, 0.6) is 0 Å². The van der Waals surface area contributed by atoms with Crippen molar-refractivity contribution in [1.29, 1.82) is 0 Å². The Hall–Kier alpha value is -1.68. The summed E-state index contributed by atoms with van der Waals surface area (Å²) in [6.07, 6.45) is 2.35. The molecular formula is C20H24O2Si. The Balaban J connectivity index is 2.17. The highest BCUT2D eigenvalue weighted by Gasteiger charge is 2.55. The van der Waals surface area contributed by atoms with Crippen molar-refractivity contribution in [2.24, 2.45) is 0 Å². The lowest BCUT2D eigenvalue weighted by atomic mass is 10.1. The fourth-order valence-corrected chi connectivity index (χ4v) is 10.1. The largest absolute Gasteiger partial charge is 0.391 e. The third kappa shape index (κ3) is 2.80. The van der Waals surface area contributed by atoms with Gasteiger partial charge in [0.05, 0.1) is 12.2 Å². The SMILES string of the molecule is C=CCC[C@H]1[C@@H](O)[C@@H](O)C[Si]1(c1ccccc1)c1ccccc1. The van der Waals surface area contributed by atoms with Gasteiger partial charge in [-0.2, -0.15) is 0 Å². The molecule has 3 rings (SSSR count). The van der Waals surface area contributed by atoms with Crippen molar-refractivity contribution in [2.45, 2.75) is 36.6 Å². The number of aliphatic hydroxyl groups excluding tert-OH is 2. The van der Waals surface area contributed by atoms with Gasteiger partial charge in [-0.05, 0) is 24.4 Å². The Morgan fingerprint density at radius 2 is 1.48 bits per heavy atom. The van der Waals surface area contributed by atoms with E-state index >= 15 is 0 Å². The monoisotopic (exact) mass is 324 g/mol. The first-order valence-electron chi connectivity index (χ1n) is 8.28. The molecule has 1 aliphatic heterocycles. The van der Waals surface area contributed by atoms with Crippen LogP contribution in [-0.4, -0.2) is 30.5 Å². The summed E-state index contributed by atoms with van der Waals surface area (Å²) < 4.78 is 0. The smallest absolute Gasteiger partial charge is 0.126 e. The summed E-state index contributed by atoms with van der Waals surface area (Å²) in [5.74, 6) is 0. The maximum absolute atomic E-state index is 10.7. The zero-order valence-corrected chi connectivity index (χ0v) is 14.3. The predicted molar refractivity (Wildman–Crippen MR) is 97.9 cm³/mol. The van der Waals surface area contributed by atoms with E-state index in [0.717, 1.165) is 12.8 Å². The van der Waals surface area contributed by atoms with Crippen molar-refractivity contribution in [3.63, 3.8) is 0 Å². The first-order chi connectivity index (χ1) is 11.2. The maximum atomic E-state index is 10.7. The van der Waals surface area contributed by atoms with E-state index in [1.807, 2.05) is 18.2 Å². The minimum absolute atomic E-state index is 0.111. The fourth-order valence-electron chi connectivity index (χ4n) is 4.18. The second-order valence-corrected chi connectivity index (χ2v) is 10.7. The molecule has 1 heterocycles. The molecular weight excluding hydrogens is 300 g/mol. The van der Waals surface area contributed by atoms with E-state index in [2.05, 4.69) is 55.1 Å². The van der Waals surface area contributed by atoms with Gasteiger partial charge in [-0.25, -0.2) is 0 Å². The maximum Gasteiger partial charge on any atom is 0.126 e. The molecule has 2 N–H and O–H groups in total. The Labute approximate surface area is 139 Å². The summed E-state index contributed by atoms with van der Waals surface area (Å²) in [6, 6.07) is 21.7. The average Bonchev–Trinajstić information content (AvgIpc) is 2.87. The van der Waals surface area contributed by atoms with Crippen LogP contribution in [0.15, 0.2) is 73.3 Å². The van der Waals surface area contributed by atoms with Crippen LogP contribution in [0.4, 0.5) is 0 Å². The summed E-state index contributed by atoms with van der Waals surface area (Å²) in [5.41, 5.74) is 0.111. The number of hydrogen-bond acceptors (Lipinski definition) is 2. The van der Waals surface area contributed by atoms with Gasteiger partial charge in [0.15, 0.2) is 0 Å². The second kappa shape index (κ2) is 6.83. The Bertz CT molecular complexity index is 602. The van der Waals surface area contributed by atoms with Crippen LogP contribution in [-0.2, 0) is 0 Å². The first kappa shape index (κ1) is 16.2. The third-order valence-corrected chi connectivity index (χ3v) is 10.9. The van der Waals surface area contributed by atoms with Crippen LogP contribution in [0.2, 0.25) is 11.6 Å². The first-order valence-corrected chi connectivity index (χ1v) is 10.6. The van der Waals surface area contributed by atoms with Crippen LogP contribution in [0.1, 0.15) is 12.8 Å². The normalized spacial score (nSPS) is 26.1. The van der Waals surface area contributed by atoms with Gasteiger partial charge in [0, 0.05) is 0 Å². The Kier molecular flexibility index (Phi) is 4.81. The molecule has 0 aromatic heterocycles. The molecule has 0 spiro atoms. The molecule has 23 heavy (non-hydrogen) atoms. The molecule has 1 aliphatic rings. The lowest BCUT2D eigenvalue weighted by Gasteiger charge is -2.35. The second-order valence-electron chi connectivity index (χ2n) is 6.44. The summed E-state index contributed by atoms with van der Waals surface area (Å²) in [5, 5.41) is 23.8. The van der Waals surface area contributed by atoms with Crippen LogP contribution in [0, 0.1) is 0 Å². The zero-order valence-electron chi connectivity index (χ0n) is 13.3. The van der Waals surface area contributed by atoms with Gasteiger partial charge in [-0.15, -0.1) is 6.58 Å². The van der Waals surface area contributed by atoms with Crippen molar-refractivity contribution in [2.75, 3.05) is 0 Å². The van der Waals surface area contributed by atoms with E-state index in [1.165, 1.54) is 10.4 Å². The zero-order chi connectivity index (χ0) is 16.3. The number of allylic oxidation sites excluding steroid dienone is 1. The molecule has 0 radical (unpaired) electrons. The van der Waals surface area contributed by atoms with E-state index < -0.39 is 20.3 Å². The number of hydrogen-bond donors (Lipinski definition) is 2. The summed E-state index contributed by atoms with van der Waals surface area (Å²) in [4.78, 5) is 0. The number of aliphatic hydroxyl groups is 2. The predicted octanol–water partition coefficient (Wildman–Crippen LogP) is 2.32. The van der Waals surface area contributed by atoms with Gasteiger partial charge in [0.1, 0.15) is 8.07 Å². The molecule has 0 saturated carbocycles. The summed E-state index contributed by atoms with van der Waals surface area (Å²) in [6.45, 7) is 3.83. The van der Waals surface area contributed by atoms with Gasteiger partial charge in [-0.1, -0.05) is 77.1 Å². The van der Waals surface area contributed by atoms with Gasteiger partial charge in [0.2, 0.25) is 0 Å². The standard InChI is InChI=1S/C20H24O2Si/c1-2-3-14-19-20(22)18(21)15-23(19,16-10-6-4-7-11-16)17-12-8-5-9-13-17/h2,4-13,18-22H,1,3,14-15H2/t18-,19-,20-/m0/s1. The Morgan fingerprint density at radius 1 is 0.957 bits per heavy atom. The molecule has 3 atom stereocenters. The average molecular weight is 324 g/mol. The molecule has 2 nitrogen and oxygen atoms in total. The molecule has 2 aromatic rings. The van der Waals surface area contributed by atoms with Crippen molar-refractivity contribution in [3.8, 4) is 0 Å². The van der Waals surface area contributed by atoms with E-state index in [1.54, 1.807) is 0 Å². The van der Waals surface area contributed by atoms with Crippen LogP contribution < -0.4 is 10.4 Å². The molecule has 0 bridgehead atoms. The van der Waals surface area contributed by atoms with Gasteiger partial charge < -0.3 is 10.2 Å². The minimum atomic E-state index is -2.23. The molecule has 1 saturated heterocycles. The van der Waals surface area contributed by atoms with E-state index in [-0.39, 0.29) is 5.54 Å². The van der Waals surface area contributed by atoms with Crippen LogP contribution >= 0.6 is 0 Å². The third-order valence-electron chi connectivity index (χ3n) is 5.23. The molecule has 2 aromatic carbocycles. The topological polar surface area (TPSA) is 40.5 Å². The number of benzene rings is 2. The fraction of sp³-hybridized carbons (Fsp3) is 0.300. The molecule has 1 fully saturated rings.